The Balaban J connectivity index is 1.10. The number of amides is 1. The highest BCUT2D eigenvalue weighted by Crippen LogP contribution is 2.65. The molecule has 0 radical (unpaired) electrons. The Labute approximate surface area is 298 Å². The summed E-state index contributed by atoms with van der Waals surface area (Å²) in [6.45, 7) is 14.1. The average Bonchev–Trinajstić information content (AvgIpc) is 3.44. The van der Waals surface area contributed by atoms with Gasteiger partial charge in [-0.1, -0.05) is 32.0 Å². The van der Waals surface area contributed by atoms with Crippen molar-refractivity contribution in [3.8, 4) is 5.75 Å². The van der Waals surface area contributed by atoms with E-state index in [2.05, 4.69) is 41.7 Å². The Morgan fingerprint density at radius 2 is 1.82 bits per heavy atom. The molecule has 0 unspecified atom stereocenters. The van der Waals surface area contributed by atoms with Crippen molar-refractivity contribution in [2.75, 3.05) is 25.5 Å². The lowest BCUT2D eigenvalue weighted by atomic mass is 9.43. The minimum atomic E-state index is -0.646. The van der Waals surface area contributed by atoms with Gasteiger partial charge in [-0.15, -0.1) is 0 Å². The number of methoxy groups -OCH3 is 1. The molecule has 5 aliphatic rings. The molecule has 4 saturated carbocycles. The molecule has 4 aliphatic carbocycles. The Morgan fingerprint density at radius 1 is 1.04 bits per heavy atom. The van der Waals surface area contributed by atoms with Crippen molar-refractivity contribution in [3.63, 3.8) is 0 Å². The third kappa shape index (κ3) is 8.00. The standard InChI is InChI=1S/C39H57BN4O6/c1-37(2,3)48-36(46)29-12-10-11-26(35(29)47-7)22-32(40-49-31-24-27-23-30(38(27,4)5)39(31,6)50-40)44-34(45)21-25-14-16-28(17-15-25)41-19-20-43-33-13-8-9-18-42-33/h8-13,18,25,27-28,30-32,41H,14-17,19-24H2,1-7H3,(H,42,43)(H,44,45)/t25-,27-,28-,30-,31+,32+,39-/m0/s1. The van der Waals surface area contributed by atoms with Crippen LogP contribution in [0.25, 0.3) is 0 Å². The number of nitrogens with one attached hydrogen (secondary N) is 3. The summed E-state index contributed by atoms with van der Waals surface area (Å²) in [6.07, 6.45) is 8.85. The molecule has 11 heteroatoms. The summed E-state index contributed by atoms with van der Waals surface area (Å²) >= 11 is 0. The van der Waals surface area contributed by atoms with Gasteiger partial charge in [-0.2, -0.15) is 0 Å². The molecule has 1 aliphatic heterocycles. The van der Waals surface area contributed by atoms with E-state index in [-0.39, 0.29) is 17.4 Å². The van der Waals surface area contributed by atoms with Crippen LogP contribution >= 0.6 is 0 Å². The lowest BCUT2D eigenvalue weighted by Crippen LogP contribution is -2.65. The van der Waals surface area contributed by atoms with Gasteiger partial charge in [0.2, 0.25) is 5.91 Å². The number of hydrogen-bond acceptors (Lipinski definition) is 9. The Kier molecular flexibility index (Phi) is 10.9. The van der Waals surface area contributed by atoms with Gasteiger partial charge in [0.1, 0.15) is 22.7 Å². The van der Waals surface area contributed by atoms with Crippen LogP contribution in [0.3, 0.4) is 0 Å². The van der Waals surface area contributed by atoms with E-state index in [9.17, 15) is 9.59 Å². The van der Waals surface area contributed by atoms with Crippen LogP contribution in [0.4, 0.5) is 5.82 Å². The summed E-state index contributed by atoms with van der Waals surface area (Å²) in [5.74, 6) is 1.78. The molecule has 1 amide bonds. The van der Waals surface area contributed by atoms with Crippen LogP contribution in [0.15, 0.2) is 42.6 Å². The van der Waals surface area contributed by atoms with E-state index in [1.165, 1.54) is 0 Å². The molecule has 10 nitrogen and oxygen atoms in total. The van der Waals surface area contributed by atoms with Gasteiger partial charge in [0.15, 0.2) is 0 Å². The maximum Gasteiger partial charge on any atom is 0.482 e. The summed E-state index contributed by atoms with van der Waals surface area (Å²) < 4.78 is 25.1. The molecular formula is C39H57BN4O6. The molecule has 1 saturated heterocycles. The van der Waals surface area contributed by atoms with Crippen LogP contribution < -0.4 is 20.7 Å². The van der Waals surface area contributed by atoms with Gasteiger partial charge in [0.25, 0.3) is 0 Å². The molecule has 2 heterocycles. The van der Waals surface area contributed by atoms with Gasteiger partial charge >= 0.3 is 13.1 Å². The van der Waals surface area contributed by atoms with Crippen molar-refractivity contribution < 1.29 is 28.4 Å². The van der Waals surface area contributed by atoms with Crippen LogP contribution in [-0.4, -0.2) is 73.5 Å². The molecule has 1 aromatic heterocycles. The molecule has 50 heavy (non-hydrogen) atoms. The summed E-state index contributed by atoms with van der Waals surface area (Å²) in [5.41, 5.74) is 0.303. The molecule has 5 atom stereocenters. The predicted molar refractivity (Wildman–Crippen MR) is 195 cm³/mol. The van der Waals surface area contributed by atoms with Crippen LogP contribution in [0.5, 0.6) is 5.75 Å². The van der Waals surface area contributed by atoms with Crippen LogP contribution in [-0.2, 0) is 25.3 Å². The number of nitrogens with zero attached hydrogens (tertiary/aromatic N) is 1. The van der Waals surface area contributed by atoms with Gasteiger partial charge < -0.3 is 34.7 Å². The maximum absolute atomic E-state index is 13.8. The van der Waals surface area contributed by atoms with Crippen LogP contribution in [0.2, 0.25) is 0 Å². The largest absolute Gasteiger partial charge is 0.496 e. The number of hydrogen-bond donors (Lipinski definition) is 3. The summed E-state index contributed by atoms with van der Waals surface area (Å²) in [7, 11) is 0.953. The minimum absolute atomic E-state index is 0.00471. The number of anilines is 1. The highest BCUT2D eigenvalue weighted by atomic mass is 16.7. The zero-order valence-electron chi connectivity index (χ0n) is 31.1. The Morgan fingerprint density at radius 3 is 2.50 bits per heavy atom. The Hall–Kier alpha value is -3.15. The van der Waals surface area contributed by atoms with Crippen molar-refractivity contribution in [2.24, 2.45) is 23.2 Å². The third-order valence-electron chi connectivity index (χ3n) is 11.9. The molecule has 2 aromatic rings. The molecule has 1 aromatic carbocycles. The van der Waals surface area contributed by atoms with E-state index in [1.54, 1.807) is 19.4 Å². The smallest absolute Gasteiger partial charge is 0.482 e. The first-order chi connectivity index (χ1) is 23.8. The molecule has 0 spiro atoms. The third-order valence-corrected chi connectivity index (χ3v) is 11.9. The fourth-order valence-corrected chi connectivity index (χ4v) is 9.04. The number of rotatable bonds is 13. The highest BCUT2D eigenvalue weighted by Gasteiger charge is 2.68. The van der Waals surface area contributed by atoms with Gasteiger partial charge in [-0.05, 0) is 120 Å². The summed E-state index contributed by atoms with van der Waals surface area (Å²) in [5, 5.41) is 10.4. The number of ether oxygens (including phenoxy) is 2. The van der Waals surface area contributed by atoms with Crippen molar-refractivity contribution in [1.82, 2.24) is 15.6 Å². The van der Waals surface area contributed by atoms with Gasteiger partial charge in [0.05, 0.1) is 24.8 Å². The predicted octanol–water partition coefficient (Wildman–Crippen LogP) is 5.99. The fraction of sp³-hybridized carbons (Fsp3) is 0.667. The number of benzene rings is 1. The SMILES string of the molecule is COc1c(C[C@@H](NC(=O)C[C@H]2CC[C@H](NCCNc3ccccn3)CC2)B2O[C@@H]3C[C@@H]4C[C@@H](C4(C)C)[C@]3(C)O2)cccc1C(=O)OC(C)(C)C. The maximum atomic E-state index is 13.8. The lowest BCUT2D eigenvalue weighted by Gasteiger charge is -2.64. The molecular weight excluding hydrogens is 631 g/mol. The molecule has 5 fully saturated rings. The molecule has 2 bridgehead atoms. The van der Waals surface area contributed by atoms with E-state index in [4.69, 9.17) is 18.8 Å². The fourth-order valence-electron chi connectivity index (χ4n) is 9.04. The molecule has 272 valence electrons. The lowest BCUT2D eigenvalue weighted by molar-refractivity contribution is -0.199. The van der Waals surface area contributed by atoms with Crippen molar-refractivity contribution in [2.45, 2.75) is 122 Å². The normalized spacial score (nSPS) is 28.9. The van der Waals surface area contributed by atoms with Crippen molar-refractivity contribution in [1.29, 1.82) is 0 Å². The first-order valence-corrected chi connectivity index (χ1v) is 18.7. The summed E-state index contributed by atoms with van der Waals surface area (Å²) in [6, 6.07) is 11.8. The second-order valence-corrected chi connectivity index (χ2v) is 16.7. The van der Waals surface area contributed by atoms with E-state index in [0.29, 0.717) is 48.0 Å². The van der Waals surface area contributed by atoms with Crippen LogP contribution in [0.1, 0.15) is 102 Å². The minimum Gasteiger partial charge on any atom is -0.496 e. The van der Waals surface area contributed by atoms with Crippen LogP contribution in [0, 0.1) is 23.2 Å². The Bertz CT molecular complexity index is 1490. The van der Waals surface area contributed by atoms with Gasteiger partial charge in [0, 0.05) is 31.7 Å². The van der Waals surface area contributed by atoms with Gasteiger partial charge in [-0.3, -0.25) is 4.79 Å². The van der Waals surface area contributed by atoms with E-state index < -0.39 is 30.2 Å². The van der Waals surface area contributed by atoms with Crippen molar-refractivity contribution >= 4 is 24.8 Å². The van der Waals surface area contributed by atoms with Crippen molar-refractivity contribution in [3.05, 3.63) is 53.7 Å². The number of aromatic nitrogens is 1. The second-order valence-electron chi connectivity index (χ2n) is 16.7. The highest BCUT2D eigenvalue weighted by molar-refractivity contribution is 6.48. The van der Waals surface area contributed by atoms with E-state index >= 15 is 0 Å². The average molecular weight is 689 g/mol. The first-order valence-electron chi connectivity index (χ1n) is 18.7. The molecule has 3 N–H and O–H groups in total. The van der Waals surface area contributed by atoms with Gasteiger partial charge in [-0.25, -0.2) is 9.78 Å². The molecule has 7 rings (SSSR count). The second kappa shape index (κ2) is 14.8. The first kappa shape index (κ1) is 36.6. The monoisotopic (exact) mass is 688 g/mol. The van der Waals surface area contributed by atoms with E-state index in [0.717, 1.165) is 63.0 Å². The zero-order chi connectivity index (χ0) is 35.7. The number of carbonyl (C=O) groups excluding carboxylic acids is 2. The number of pyridine rings is 1. The number of carbonyl (C=O) groups is 2. The zero-order valence-corrected chi connectivity index (χ0v) is 31.1. The summed E-state index contributed by atoms with van der Waals surface area (Å²) in [4.78, 5) is 31.3. The number of esters is 1. The van der Waals surface area contributed by atoms with E-state index in [1.807, 2.05) is 51.1 Å². The quantitative estimate of drug-likeness (QED) is 0.132. The number of para-hydroxylation sites is 1. The topological polar surface area (TPSA) is 120 Å².